The highest BCUT2D eigenvalue weighted by atomic mass is 32.2. The van der Waals surface area contributed by atoms with Crippen LogP contribution in [0, 0.1) is 0 Å². The Morgan fingerprint density at radius 3 is 2.85 bits per heavy atom. The maximum absolute atomic E-state index is 5.39. The SMILES string of the molecule is CCc1ccc(-c2noc(CSc3nncn3CCc3cccs3)n2)cc1. The van der Waals surface area contributed by atoms with E-state index in [9.17, 15) is 0 Å². The largest absolute Gasteiger partial charge is 0.338 e. The first-order chi connectivity index (χ1) is 13.3. The molecule has 3 heterocycles. The van der Waals surface area contributed by atoms with Gasteiger partial charge in [-0.15, -0.1) is 21.5 Å². The maximum atomic E-state index is 5.39. The van der Waals surface area contributed by atoms with Crippen molar-refractivity contribution in [2.75, 3.05) is 0 Å². The summed E-state index contributed by atoms with van der Waals surface area (Å²) in [7, 11) is 0. The Labute approximate surface area is 165 Å². The van der Waals surface area contributed by atoms with Crippen LogP contribution in [-0.4, -0.2) is 24.9 Å². The molecule has 1 aromatic carbocycles. The minimum Gasteiger partial charge on any atom is -0.338 e. The quantitative estimate of drug-likeness (QED) is 0.408. The normalized spacial score (nSPS) is 11.1. The van der Waals surface area contributed by atoms with Gasteiger partial charge >= 0.3 is 0 Å². The molecule has 0 bridgehead atoms. The molecule has 0 aliphatic carbocycles. The molecule has 27 heavy (non-hydrogen) atoms. The summed E-state index contributed by atoms with van der Waals surface area (Å²) < 4.78 is 7.46. The maximum Gasteiger partial charge on any atom is 0.237 e. The highest BCUT2D eigenvalue weighted by Crippen LogP contribution is 2.23. The number of hydrogen-bond donors (Lipinski definition) is 0. The van der Waals surface area contributed by atoms with Crippen LogP contribution in [0.4, 0.5) is 0 Å². The number of thiophene rings is 1. The van der Waals surface area contributed by atoms with Gasteiger partial charge in [-0.2, -0.15) is 4.98 Å². The molecule has 8 heteroatoms. The van der Waals surface area contributed by atoms with Gasteiger partial charge in [-0.3, -0.25) is 0 Å². The first-order valence-corrected chi connectivity index (χ1v) is 10.6. The van der Waals surface area contributed by atoms with Gasteiger partial charge in [0.15, 0.2) is 5.16 Å². The summed E-state index contributed by atoms with van der Waals surface area (Å²) in [6.45, 7) is 2.99. The van der Waals surface area contributed by atoms with Crippen LogP contribution in [0.15, 0.2) is 57.8 Å². The zero-order valence-corrected chi connectivity index (χ0v) is 16.5. The number of aromatic nitrogens is 5. The standard InChI is InChI=1S/C19H19N5OS2/c1-2-14-5-7-15(8-6-14)18-21-17(25-23-18)12-27-19-22-20-13-24(19)10-9-16-4-3-11-26-16/h3-8,11,13H,2,9-10,12H2,1H3. The van der Waals surface area contributed by atoms with Crippen LogP contribution in [0.2, 0.25) is 0 Å². The molecular formula is C19H19N5OS2. The number of benzene rings is 1. The Bertz CT molecular complexity index is 976. The molecule has 0 atom stereocenters. The van der Waals surface area contributed by atoms with Crippen LogP contribution in [0.3, 0.4) is 0 Å². The Hall–Kier alpha value is -2.45. The third kappa shape index (κ3) is 4.45. The fourth-order valence-electron chi connectivity index (χ4n) is 2.64. The monoisotopic (exact) mass is 397 g/mol. The van der Waals surface area contributed by atoms with Crippen LogP contribution in [-0.2, 0) is 25.1 Å². The van der Waals surface area contributed by atoms with Crippen LogP contribution in [0.1, 0.15) is 23.3 Å². The molecule has 4 rings (SSSR count). The first-order valence-electron chi connectivity index (χ1n) is 8.76. The van der Waals surface area contributed by atoms with Crippen molar-refractivity contribution >= 4 is 23.1 Å². The predicted octanol–water partition coefficient (Wildman–Crippen LogP) is 4.49. The Balaban J connectivity index is 1.37. The van der Waals surface area contributed by atoms with Crippen molar-refractivity contribution in [1.29, 1.82) is 0 Å². The minimum atomic E-state index is 0.567. The van der Waals surface area contributed by atoms with Gasteiger partial charge in [0.05, 0.1) is 5.75 Å². The number of aryl methyl sites for hydroxylation is 3. The summed E-state index contributed by atoms with van der Waals surface area (Å²) >= 11 is 3.32. The second kappa shape index (κ2) is 8.49. The lowest BCUT2D eigenvalue weighted by molar-refractivity contribution is 0.391. The Morgan fingerprint density at radius 2 is 2.07 bits per heavy atom. The predicted molar refractivity (Wildman–Crippen MR) is 107 cm³/mol. The summed E-state index contributed by atoms with van der Waals surface area (Å²) in [5.74, 6) is 1.77. The van der Waals surface area contributed by atoms with Crippen molar-refractivity contribution in [2.45, 2.75) is 37.2 Å². The van der Waals surface area contributed by atoms with Gasteiger partial charge < -0.3 is 9.09 Å². The van der Waals surface area contributed by atoms with Gasteiger partial charge in [0.2, 0.25) is 11.7 Å². The van der Waals surface area contributed by atoms with E-state index in [2.05, 4.69) is 61.5 Å². The van der Waals surface area contributed by atoms with Crippen LogP contribution in [0.5, 0.6) is 0 Å². The molecule has 3 aromatic heterocycles. The van der Waals surface area contributed by atoms with Crippen molar-refractivity contribution in [1.82, 2.24) is 24.9 Å². The zero-order valence-electron chi connectivity index (χ0n) is 14.9. The van der Waals surface area contributed by atoms with Gasteiger partial charge in [0.1, 0.15) is 6.33 Å². The lowest BCUT2D eigenvalue weighted by atomic mass is 10.1. The third-order valence-corrected chi connectivity index (χ3v) is 6.07. The van der Waals surface area contributed by atoms with Gasteiger partial charge in [0, 0.05) is 17.0 Å². The molecule has 0 unspecified atom stereocenters. The molecule has 0 spiro atoms. The van der Waals surface area contributed by atoms with E-state index >= 15 is 0 Å². The second-order valence-corrected chi connectivity index (χ2v) is 7.96. The molecule has 6 nitrogen and oxygen atoms in total. The number of nitrogens with zero attached hydrogens (tertiary/aromatic N) is 5. The fourth-order valence-corrected chi connectivity index (χ4v) is 4.12. The van der Waals surface area contributed by atoms with Crippen molar-refractivity contribution < 1.29 is 4.52 Å². The molecule has 0 amide bonds. The number of hydrogen-bond acceptors (Lipinski definition) is 7. The highest BCUT2D eigenvalue weighted by Gasteiger charge is 2.12. The Morgan fingerprint density at radius 1 is 1.19 bits per heavy atom. The highest BCUT2D eigenvalue weighted by molar-refractivity contribution is 7.98. The summed E-state index contributed by atoms with van der Waals surface area (Å²) in [5.41, 5.74) is 2.26. The molecule has 0 aliphatic heterocycles. The van der Waals surface area contributed by atoms with E-state index in [0.717, 1.165) is 30.1 Å². The lowest BCUT2D eigenvalue weighted by Crippen LogP contribution is -2.01. The van der Waals surface area contributed by atoms with Crippen molar-refractivity contribution in [3.8, 4) is 11.4 Å². The molecule has 0 fully saturated rings. The average Bonchev–Trinajstić information content (AvgIpc) is 3.46. The summed E-state index contributed by atoms with van der Waals surface area (Å²) in [6.07, 6.45) is 3.76. The van der Waals surface area contributed by atoms with Crippen LogP contribution < -0.4 is 0 Å². The lowest BCUT2D eigenvalue weighted by Gasteiger charge is -2.03. The van der Waals surface area contributed by atoms with E-state index in [1.807, 2.05) is 12.1 Å². The fraction of sp³-hybridized carbons (Fsp3) is 0.263. The molecule has 4 aromatic rings. The van der Waals surface area contributed by atoms with Crippen LogP contribution in [0.25, 0.3) is 11.4 Å². The molecule has 0 radical (unpaired) electrons. The van der Waals surface area contributed by atoms with E-state index in [4.69, 9.17) is 4.52 Å². The molecule has 0 N–H and O–H groups in total. The van der Waals surface area contributed by atoms with Gasteiger partial charge in [-0.1, -0.05) is 54.2 Å². The summed E-state index contributed by atoms with van der Waals surface area (Å²) in [4.78, 5) is 5.85. The summed E-state index contributed by atoms with van der Waals surface area (Å²) in [5, 5.41) is 15.3. The Kier molecular flexibility index (Phi) is 5.64. The topological polar surface area (TPSA) is 69.6 Å². The van der Waals surface area contributed by atoms with Gasteiger partial charge in [0.25, 0.3) is 0 Å². The molecular weight excluding hydrogens is 378 g/mol. The molecule has 0 aliphatic rings. The van der Waals surface area contributed by atoms with Crippen LogP contribution >= 0.6 is 23.1 Å². The number of rotatable bonds is 8. The van der Waals surface area contributed by atoms with E-state index in [1.54, 1.807) is 29.4 Å². The van der Waals surface area contributed by atoms with E-state index < -0.39 is 0 Å². The van der Waals surface area contributed by atoms with Gasteiger partial charge in [-0.05, 0) is 29.9 Å². The smallest absolute Gasteiger partial charge is 0.237 e. The van der Waals surface area contributed by atoms with Crippen molar-refractivity contribution in [3.63, 3.8) is 0 Å². The number of thioether (sulfide) groups is 1. The van der Waals surface area contributed by atoms with E-state index in [0.29, 0.717) is 17.5 Å². The third-order valence-electron chi connectivity index (χ3n) is 4.17. The van der Waals surface area contributed by atoms with E-state index in [1.165, 1.54) is 10.4 Å². The molecule has 0 saturated carbocycles. The first kappa shape index (κ1) is 17.9. The zero-order chi connectivity index (χ0) is 18.5. The van der Waals surface area contributed by atoms with Gasteiger partial charge in [-0.25, -0.2) is 0 Å². The minimum absolute atomic E-state index is 0.567. The molecule has 0 saturated heterocycles. The molecule has 138 valence electrons. The van der Waals surface area contributed by atoms with Crippen molar-refractivity contribution in [2.24, 2.45) is 0 Å². The second-order valence-electron chi connectivity index (χ2n) is 5.99. The van der Waals surface area contributed by atoms with Crippen molar-refractivity contribution in [3.05, 3.63) is 64.4 Å². The summed E-state index contributed by atoms with van der Waals surface area (Å²) in [6, 6.07) is 12.5. The average molecular weight is 398 g/mol. The van der Waals surface area contributed by atoms with E-state index in [-0.39, 0.29) is 0 Å².